The highest BCUT2D eigenvalue weighted by Crippen LogP contribution is 2.33. The molecule has 3 fully saturated rings. The van der Waals surface area contributed by atoms with Crippen molar-refractivity contribution in [2.45, 2.75) is 26.9 Å². The summed E-state index contributed by atoms with van der Waals surface area (Å²) in [7, 11) is 0. The first kappa shape index (κ1) is 26.2. The van der Waals surface area contributed by atoms with Crippen LogP contribution >= 0.6 is 0 Å². The molecule has 0 saturated carbocycles. The molecule has 12 heteroatoms. The zero-order chi connectivity index (χ0) is 25.5. The number of nitrogens with one attached hydrogen (secondary N) is 1. The van der Waals surface area contributed by atoms with Crippen molar-refractivity contribution in [1.29, 1.82) is 0 Å². The molecule has 35 heavy (non-hydrogen) atoms. The molecule has 0 radical (unpaired) electrons. The zero-order valence-electron chi connectivity index (χ0n) is 20.3. The average molecular weight is 493 g/mol. The zero-order valence-corrected chi connectivity index (χ0v) is 20.3. The summed E-state index contributed by atoms with van der Waals surface area (Å²) in [6.45, 7) is 10.3. The molecule has 0 aromatic rings. The largest absolute Gasteiger partial charge is 0.465 e. The monoisotopic (exact) mass is 492 g/mol. The molecule has 192 valence electrons. The number of esters is 3. The van der Waals surface area contributed by atoms with Gasteiger partial charge in [-0.3, -0.25) is 24.0 Å². The third-order valence-electron chi connectivity index (χ3n) is 5.25. The molecule has 3 saturated heterocycles. The van der Waals surface area contributed by atoms with E-state index in [9.17, 15) is 24.0 Å². The van der Waals surface area contributed by atoms with Crippen molar-refractivity contribution in [2.75, 3.05) is 65.6 Å². The summed E-state index contributed by atoms with van der Waals surface area (Å²) in [5.41, 5.74) is 1.89. The van der Waals surface area contributed by atoms with Crippen molar-refractivity contribution in [3.63, 3.8) is 0 Å². The van der Waals surface area contributed by atoms with Gasteiger partial charge in [0.1, 0.15) is 30.7 Å². The van der Waals surface area contributed by atoms with E-state index in [2.05, 4.69) is 5.32 Å². The van der Waals surface area contributed by atoms with Crippen molar-refractivity contribution >= 4 is 29.5 Å². The normalized spacial score (nSPS) is 18.8. The Kier molecular flexibility index (Phi) is 8.85. The highest BCUT2D eigenvalue weighted by atomic mass is 16.6. The van der Waals surface area contributed by atoms with Gasteiger partial charge in [0.25, 0.3) is 0 Å². The Morgan fingerprint density at radius 2 is 1.43 bits per heavy atom. The van der Waals surface area contributed by atoms with Gasteiger partial charge in [-0.25, -0.2) is 0 Å². The molecule has 1 atom stereocenters. The second kappa shape index (κ2) is 11.8. The summed E-state index contributed by atoms with van der Waals surface area (Å²) in [4.78, 5) is 62.4. The molecule has 0 aromatic carbocycles. The number of ketones is 2. The van der Waals surface area contributed by atoms with Crippen LogP contribution in [0.5, 0.6) is 0 Å². The van der Waals surface area contributed by atoms with E-state index in [1.54, 1.807) is 0 Å². The fourth-order valence-corrected chi connectivity index (χ4v) is 3.39. The maximum Gasteiger partial charge on any atom is 0.303 e. The predicted octanol–water partition coefficient (Wildman–Crippen LogP) is -1.19. The minimum absolute atomic E-state index is 0.00449. The molecule has 1 N–H and O–H groups in total. The summed E-state index contributed by atoms with van der Waals surface area (Å²) < 4.78 is 14.4. The van der Waals surface area contributed by atoms with Gasteiger partial charge >= 0.3 is 17.9 Å². The minimum atomic E-state index is -0.552. The van der Waals surface area contributed by atoms with Crippen LogP contribution in [0, 0.1) is 0 Å². The second-order valence-corrected chi connectivity index (χ2v) is 8.46. The topological polar surface area (TPSA) is 134 Å². The fourth-order valence-electron chi connectivity index (χ4n) is 3.39. The van der Waals surface area contributed by atoms with Gasteiger partial charge < -0.3 is 34.2 Å². The number of carbonyl (C=O) groups is 5. The lowest BCUT2D eigenvalue weighted by Crippen LogP contribution is -2.36. The van der Waals surface area contributed by atoms with Crippen LogP contribution in [0.2, 0.25) is 0 Å². The summed E-state index contributed by atoms with van der Waals surface area (Å²) in [6.07, 6.45) is 0.972. The number of rotatable bonds is 11. The molecule has 0 amide bonds. The van der Waals surface area contributed by atoms with E-state index in [1.807, 2.05) is 14.7 Å². The van der Waals surface area contributed by atoms with E-state index in [0.29, 0.717) is 30.2 Å². The number of carbonyl (C=O) groups excluding carboxylic acids is 5. The molecule has 3 aliphatic heterocycles. The quantitative estimate of drug-likeness (QED) is 0.122. The lowest BCUT2D eigenvalue weighted by atomic mass is 10.0. The van der Waals surface area contributed by atoms with Gasteiger partial charge in [-0.1, -0.05) is 0 Å². The van der Waals surface area contributed by atoms with Gasteiger partial charge in [0.2, 0.25) is 11.6 Å². The van der Waals surface area contributed by atoms with Crippen molar-refractivity contribution in [3.8, 4) is 0 Å². The molecule has 4 rings (SSSR count). The minimum Gasteiger partial charge on any atom is -0.465 e. The summed E-state index contributed by atoms with van der Waals surface area (Å²) in [6, 6.07) is 0. The van der Waals surface area contributed by atoms with E-state index in [1.165, 1.54) is 26.8 Å². The van der Waals surface area contributed by atoms with Crippen molar-refractivity contribution in [2.24, 2.45) is 0 Å². The standard InChI is InChI=1S/C12H13N3O2.C11H19NO6/c16-9-7-8(13-1-2-13)12(17)11(15-5-6-15)10(9)14-3-4-14;1-8(13)16-5-4-12-6-11(18-10(3)15)7-17-9(2)14/h7H,1-6H2;11-12H,4-7H2,1-3H3. The number of allylic oxidation sites excluding steroid dienone is 1. The van der Waals surface area contributed by atoms with Gasteiger partial charge in [-0.05, 0) is 0 Å². The fraction of sp³-hybridized carbons (Fsp3) is 0.609. The van der Waals surface area contributed by atoms with Gasteiger partial charge in [0, 0.05) is 79.2 Å². The summed E-state index contributed by atoms with van der Waals surface area (Å²) in [5.74, 6) is -1.19. The lowest BCUT2D eigenvalue weighted by molar-refractivity contribution is -0.156. The van der Waals surface area contributed by atoms with E-state index in [0.717, 1.165) is 39.3 Å². The van der Waals surface area contributed by atoms with Crippen LogP contribution in [0.4, 0.5) is 0 Å². The number of nitrogens with zero attached hydrogens (tertiary/aromatic N) is 3. The molecule has 1 unspecified atom stereocenters. The Morgan fingerprint density at radius 3 is 1.94 bits per heavy atom. The molecular weight excluding hydrogens is 460 g/mol. The Balaban J connectivity index is 0.000000195. The van der Waals surface area contributed by atoms with Crippen LogP contribution in [-0.4, -0.2) is 116 Å². The highest BCUT2D eigenvalue weighted by Gasteiger charge is 2.43. The second-order valence-electron chi connectivity index (χ2n) is 8.46. The Labute approximate surface area is 203 Å². The Hall–Kier alpha value is -3.41. The van der Waals surface area contributed by atoms with Crippen LogP contribution < -0.4 is 5.32 Å². The maximum atomic E-state index is 12.4. The maximum absolute atomic E-state index is 12.4. The van der Waals surface area contributed by atoms with Crippen molar-refractivity contribution in [3.05, 3.63) is 23.2 Å². The number of Topliss-reactive ketones (excluding diaryl/α,β-unsaturated/α-hetero) is 1. The number of hydrogen-bond donors (Lipinski definition) is 1. The van der Waals surface area contributed by atoms with Crippen molar-refractivity contribution < 1.29 is 38.2 Å². The molecule has 0 spiro atoms. The lowest BCUT2D eigenvalue weighted by Gasteiger charge is -2.21. The predicted molar refractivity (Wildman–Crippen MR) is 122 cm³/mol. The van der Waals surface area contributed by atoms with Crippen molar-refractivity contribution in [1.82, 2.24) is 20.0 Å². The van der Waals surface area contributed by atoms with Gasteiger partial charge in [0.15, 0.2) is 0 Å². The summed E-state index contributed by atoms with van der Waals surface area (Å²) in [5, 5.41) is 2.92. The van der Waals surface area contributed by atoms with Crippen LogP contribution in [0.25, 0.3) is 0 Å². The Morgan fingerprint density at radius 1 is 0.857 bits per heavy atom. The Bertz CT molecular complexity index is 932. The first-order valence-corrected chi connectivity index (χ1v) is 11.6. The van der Waals surface area contributed by atoms with Crippen LogP contribution in [-0.2, 0) is 38.2 Å². The van der Waals surface area contributed by atoms with E-state index >= 15 is 0 Å². The molecule has 1 aliphatic carbocycles. The number of ether oxygens (including phenoxy) is 3. The highest BCUT2D eigenvalue weighted by molar-refractivity contribution is 6.22. The van der Waals surface area contributed by atoms with Crippen LogP contribution in [0.1, 0.15) is 20.8 Å². The van der Waals surface area contributed by atoms with E-state index in [4.69, 9.17) is 14.2 Å². The molecule has 4 aliphatic rings. The number of hydrogen-bond acceptors (Lipinski definition) is 12. The molecule has 0 bridgehead atoms. The van der Waals surface area contributed by atoms with E-state index in [-0.39, 0.29) is 30.7 Å². The van der Waals surface area contributed by atoms with E-state index < -0.39 is 18.0 Å². The van der Waals surface area contributed by atoms with Gasteiger partial charge in [-0.15, -0.1) is 0 Å². The third kappa shape index (κ3) is 8.39. The first-order valence-electron chi connectivity index (χ1n) is 11.6. The van der Waals surface area contributed by atoms with Crippen LogP contribution in [0.15, 0.2) is 23.2 Å². The SMILES string of the molecule is CC(=O)OCCNCC(COC(C)=O)OC(C)=O.O=C1C=C(N2CC2)C(=O)C(N2CC2)=C1N1CC1. The van der Waals surface area contributed by atoms with Gasteiger partial charge in [0.05, 0.1) is 5.70 Å². The smallest absolute Gasteiger partial charge is 0.303 e. The molecular formula is C23H32N4O8. The molecule has 0 aromatic heterocycles. The first-order chi connectivity index (χ1) is 16.7. The van der Waals surface area contributed by atoms with Gasteiger partial charge in [-0.2, -0.15) is 0 Å². The summed E-state index contributed by atoms with van der Waals surface area (Å²) >= 11 is 0. The molecule has 12 nitrogen and oxygen atoms in total. The average Bonchev–Trinajstić information content (AvgIpc) is 3.62. The molecule has 3 heterocycles. The third-order valence-corrected chi connectivity index (χ3v) is 5.25. The van der Waals surface area contributed by atoms with Crippen LogP contribution in [0.3, 0.4) is 0 Å².